The van der Waals surface area contributed by atoms with E-state index in [1.54, 1.807) is 14.2 Å². The van der Waals surface area contributed by atoms with Crippen molar-refractivity contribution in [3.8, 4) is 11.5 Å². The molecule has 0 unspecified atom stereocenters. The maximum absolute atomic E-state index is 10.4. The van der Waals surface area contributed by atoms with E-state index in [1.165, 1.54) is 0 Å². The first kappa shape index (κ1) is 14.7. The molecular formula is C16H20BrNO3. The number of piperidine rings is 3. The minimum absolute atomic E-state index is 0.348. The molecule has 3 aliphatic heterocycles. The standard InChI is InChI=1S/C16H20BrNO3/c1-20-14-9-10(7-12(17)16(14)21-2)8-13-15(19)11-3-5-18(13)6-4-11/h7-9,11,15,19H,3-6H2,1-2H3/b13-8-/t15-/m1/s1. The lowest BCUT2D eigenvalue weighted by atomic mass is 9.83. The molecule has 114 valence electrons. The molecule has 3 fully saturated rings. The maximum Gasteiger partial charge on any atom is 0.174 e. The predicted molar refractivity (Wildman–Crippen MR) is 85.5 cm³/mol. The Morgan fingerprint density at radius 1 is 1.24 bits per heavy atom. The molecule has 1 atom stereocenters. The zero-order valence-electron chi connectivity index (χ0n) is 12.3. The molecule has 2 bridgehead atoms. The van der Waals surface area contributed by atoms with Crippen LogP contribution in [0.15, 0.2) is 22.3 Å². The van der Waals surface area contributed by atoms with E-state index >= 15 is 0 Å². The fourth-order valence-corrected chi connectivity index (χ4v) is 3.89. The molecule has 21 heavy (non-hydrogen) atoms. The van der Waals surface area contributed by atoms with Crippen molar-refractivity contribution in [2.24, 2.45) is 5.92 Å². The van der Waals surface area contributed by atoms with Crippen LogP contribution in [0, 0.1) is 5.92 Å². The van der Waals surface area contributed by atoms with Crippen LogP contribution in [0.2, 0.25) is 0 Å². The van der Waals surface area contributed by atoms with Gasteiger partial charge in [0.25, 0.3) is 0 Å². The average molecular weight is 354 g/mol. The van der Waals surface area contributed by atoms with Crippen LogP contribution in [0.4, 0.5) is 0 Å². The van der Waals surface area contributed by atoms with Gasteiger partial charge in [-0.05, 0) is 58.5 Å². The molecule has 0 spiro atoms. The van der Waals surface area contributed by atoms with Crippen molar-refractivity contribution in [1.82, 2.24) is 4.90 Å². The number of aliphatic hydroxyl groups excluding tert-OH is 1. The molecule has 3 aliphatic rings. The molecule has 4 rings (SSSR count). The number of hydrogen-bond acceptors (Lipinski definition) is 4. The second-order valence-corrected chi connectivity index (χ2v) is 6.43. The normalized spacial score (nSPS) is 26.3. The lowest BCUT2D eigenvalue weighted by molar-refractivity contribution is 0.0215. The average Bonchev–Trinajstić information content (AvgIpc) is 2.50. The molecule has 4 nitrogen and oxygen atoms in total. The summed E-state index contributed by atoms with van der Waals surface area (Å²) in [5.41, 5.74) is 2.03. The van der Waals surface area contributed by atoms with Crippen LogP contribution >= 0.6 is 15.9 Å². The molecule has 1 aromatic rings. The first-order valence-electron chi connectivity index (χ1n) is 7.20. The van der Waals surface area contributed by atoms with Gasteiger partial charge in [0.2, 0.25) is 0 Å². The summed E-state index contributed by atoms with van der Waals surface area (Å²) in [6, 6.07) is 3.93. The molecular weight excluding hydrogens is 334 g/mol. The Balaban J connectivity index is 1.97. The Labute approximate surface area is 133 Å². The highest BCUT2D eigenvalue weighted by atomic mass is 79.9. The Morgan fingerprint density at radius 2 is 1.95 bits per heavy atom. The van der Waals surface area contributed by atoms with Crippen LogP contribution in [0.25, 0.3) is 6.08 Å². The number of benzene rings is 1. The van der Waals surface area contributed by atoms with Crippen LogP contribution in [0.5, 0.6) is 11.5 Å². The summed E-state index contributed by atoms with van der Waals surface area (Å²) >= 11 is 3.51. The Bertz CT molecular complexity index is 561. The summed E-state index contributed by atoms with van der Waals surface area (Å²) in [5.74, 6) is 1.78. The number of aliphatic hydroxyl groups is 1. The summed E-state index contributed by atoms with van der Waals surface area (Å²) in [6.07, 6.45) is 3.89. The van der Waals surface area contributed by atoms with Gasteiger partial charge in [-0.15, -0.1) is 0 Å². The largest absolute Gasteiger partial charge is 0.493 e. The van der Waals surface area contributed by atoms with E-state index in [4.69, 9.17) is 9.47 Å². The molecule has 0 saturated carbocycles. The molecule has 0 radical (unpaired) electrons. The van der Waals surface area contributed by atoms with Crippen molar-refractivity contribution >= 4 is 22.0 Å². The van der Waals surface area contributed by atoms with Gasteiger partial charge in [0.15, 0.2) is 11.5 Å². The molecule has 1 N–H and O–H groups in total. The Kier molecular flexibility index (Phi) is 4.13. The van der Waals surface area contributed by atoms with Crippen LogP contribution in [-0.4, -0.2) is 43.4 Å². The summed E-state index contributed by atoms with van der Waals surface area (Å²) in [4.78, 5) is 2.29. The third-order valence-electron chi connectivity index (χ3n) is 4.42. The van der Waals surface area contributed by atoms with Gasteiger partial charge in [-0.1, -0.05) is 0 Å². The van der Waals surface area contributed by atoms with Crippen molar-refractivity contribution in [2.75, 3.05) is 27.3 Å². The van der Waals surface area contributed by atoms with Gasteiger partial charge in [-0.3, -0.25) is 0 Å². The zero-order valence-corrected chi connectivity index (χ0v) is 13.9. The van der Waals surface area contributed by atoms with E-state index in [-0.39, 0.29) is 6.10 Å². The summed E-state index contributed by atoms with van der Waals surface area (Å²) in [5, 5.41) is 10.4. The molecule has 0 amide bonds. The van der Waals surface area contributed by atoms with Gasteiger partial charge in [0.05, 0.1) is 24.8 Å². The fraction of sp³-hybridized carbons (Fsp3) is 0.500. The molecule has 3 heterocycles. The summed E-state index contributed by atoms with van der Waals surface area (Å²) in [6.45, 7) is 2.09. The second-order valence-electron chi connectivity index (χ2n) is 5.58. The molecule has 0 aliphatic carbocycles. The predicted octanol–water partition coefficient (Wildman–Crippen LogP) is 2.89. The smallest absolute Gasteiger partial charge is 0.174 e. The highest BCUT2D eigenvalue weighted by Crippen LogP contribution is 2.39. The van der Waals surface area contributed by atoms with Crippen molar-refractivity contribution < 1.29 is 14.6 Å². The Hall–Kier alpha value is -1.20. The summed E-state index contributed by atoms with van der Waals surface area (Å²) in [7, 11) is 3.25. The van der Waals surface area contributed by atoms with Crippen molar-refractivity contribution in [1.29, 1.82) is 0 Å². The van der Waals surface area contributed by atoms with Crippen LogP contribution in [0.1, 0.15) is 18.4 Å². The maximum atomic E-state index is 10.4. The first-order chi connectivity index (χ1) is 10.1. The highest BCUT2D eigenvalue weighted by Gasteiger charge is 2.36. The van der Waals surface area contributed by atoms with Crippen LogP contribution in [-0.2, 0) is 0 Å². The molecule has 5 heteroatoms. The number of methoxy groups -OCH3 is 2. The number of nitrogens with zero attached hydrogens (tertiary/aromatic N) is 1. The SMILES string of the molecule is COc1cc(/C=C2/[C@H](O)C3CCN2CC3)cc(Br)c1OC. The van der Waals surface area contributed by atoms with E-state index in [0.29, 0.717) is 17.4 Å². The van der Waals surface area contributed by atoms with E-state index in [0.717, 1.165) is 41.7 Å². The third kappa shape index (κ3) is 2.64. The topological polar surface area (TPSA) is 41.9 Å². The Morgan fingerprint density at radius 3 is 2.52 bits per heavy atom. The highest BCUT2D eigenvalue weighted by molar-refractivity contribution is 9.10. The molecule has 0 aromatic heterocycles. The van der Waals surface area contributed by atoms with Gasteiger partial charge in [0.1, 0.15) is 0 Å². The monoisotopic (exact) mass is 353 g/mol. The van der Waals surface area contributed by atoms with Gasteiger partial charge in [0, 0.05) is 18.8 Å². The fourth-order valence-electron chi connectivity index (χ4n) is 3.27. The molecule has 1 aromatic carbocycles. The number of fused-ring (bicyclic) bond motifs is 3. The van der Waals surface area contributed by atoms with Gasteiger partial charge in [-0.25, -0.2) is 0 Å². The third-order valence-corrected chi connectivity index (χ3v) is 5.01. The van der Waals surface area contributed by atoms with Crippen molar-refractivity contribution in [3.05, 3.63) is 27.9 Å². The minimum atomic E-state index is -0.348. The lowest BCUT2D eigenvalue weighted by Gasteiger charge is -2.46. The van der Waals surface area contributed by atoms with Crippen LogP contribution < -0.4 is 9.47 Å². The first-order valence-corrected chi connectivity index (χ1v) is 7.99. The number of halogens is 1. The summed E-state index contributed by atoms with van der Waals surface area (Å²) < 4.78 is 11.6. The lowest BCUT2D eigenvalue weighted by Crippen LogP contribution is -2.48. The number of ether oxygens (including phenoxy) is 2. The van der Waals surface area contributed by atoms with Crippen LogP contribution in [0.3, 0.4) is 0 Å². The minimum Gasteiger partial charge on any atom is -0.493 e. The van der Waals surface area contributed by atoms with E-state index in [9.17, 15) is 5.11 Å². The van der Waals surface area contributed by atoms with E-state index < -0.39 is 0 Å². The number of hydrogen-bond donors (Lipinski definition) is 1. The molecule has 3 saturated heterocycles. The van der Waals surface area contributed by atoms with Gasteiger partial charge < -0.3 is 19.5 Å². The van der Waals surface area contributed by atoms with E-state index in [2.05, 4.69) is 26.9 Å². The quantitative estimate of drug-likeness (QED) is 0.907. The van der Waals surface area contributed by atoms with Gasteiger partial charge >= 0.3 is 0 Å². The zero-order chi connectivity index (χ0) is 15.0. The number of rotatable bonds is 3. The van der Waals surface area contributed by atoms with Crippen molar-refractivity contribution in [3.63, 3.8) is 0 Å². The van der Waals surface area contributed by atoms with Crippen molar-refractivity contribution in [2.45, 2.75) is 18.9 Å². The van der Waals surface area contributed by atoms with Gasteiger partial charge in [-0.2, -0.15) is 0 Å². The second kappa shape index (κ2) is 5.89. The van der Waals surface area contributed by atoms with E-state index in [1.807, 2.05) is 12.1 Å².